The second kappa shape index (κ2) is 5.79. The molecule has 0 saturated carbocycles. The maximum atomic E-state index is 13.4. The molecule has 0 aliphatic carbocycles. The van der Waals surface area contributed by atoms with Crippen LogP contribution >= 0.6 is 11.7 Å². The summed E-state index contributed by atoms with van der Waals surface area (Å²) in [5.41, 5.74) is 1.73. The third kappa shape index (κ3) is 2.26. The fraction of sp³-hybridized carbons (Fsp3) is 0.250. The lowest BCUT2D eigenvalue weighted by Gasteiger charge is -2.23. The molecule has 0 amide bonds. The first kappa shape index (κ1) is 15.8. The van der Waals surface area contributed by atoms with Crippen molar-refractivity contribution in [1.82, 2.24) is 27.7 Å². The van der Waals surface area contributed by atoms with Gasteiger partial charge in [-0.05, 0) is 37.1 Å². The molecular formula is C16H14N6O2S2. The monoisotopic (exact) mass is 386 g/mol. The van der Waals surface area contributed by atoms with Crippen LogP contribution in [0, 0.1) is 0 Å². The van der Waals surface area contributed by atoms with Crippen molar-refractivity contribution < 1.29 is 8.42 Å². The predicted molar refractivity (Wildman–Crippen MR) is 96.3 cm³/mol. The first-order valence-electron chi connectivity index (χ1n) is 8.19. The summed E-state index contributed by atoms with van der Waals surface area (Å²) in [7, 11) is -3.72. The van der Waals surface area contributed by atoms with Crippen LogP contribution in [0.1, 0.15) is 24.7 Å². The molecule has 1 aliphatic heterocycles. The van der Waals surface area contributed by atoms with E-state index in [9.17, 15) is 8.42 Å². The first-order chi connectivity index (χ1) is 12.7. The molecule has 26 heavy (non-hydrogen) atoms. The molecule has 1 aromatic carbocycles. The first-order valence-corrected chi connectivity index (χ1v) is 10.4. The summed E-state index contributed by atoms with van der Waals surface area (Å²) in [5.74, 6) is 0.644. The Morgan fingerprint density at radius 3 is 2.92 bits per heavy atom. The highest BCUT2D eigenvalue weighted by Crippen LogP contribution is 2.37. The maximum absolute atomic E-state index is 13.4. The lowest BCUT2D eigenvalue weighted by Crippen LogP contribution is -2.31. The molecule has 10 heteroatoms. The van der Waals surface area contributed by atoms with Gasteiger partial charge in [0.1, 0.15) is 15.9 Å². The van der Waals surface area contributed by atoms with E-state index in [4.69, 9.17) is 0 Å². The van der Waals surface area contributed by atoms with Gasteiger partial charge in [-0.15, -0.1) is 10.2 Å². The van der Waals surface area contributed by atoms with Crippen LogP contribution in [-0.2, 0) is 10.0 Å². The summed E-state index contributed by atoms with van der Waals surface area (Å²) < 4.78 is 38.5. The van der Waals surface area contributed by atoms with Crippen LogP contribution in [0.4, 0.5) is 0 Å². The minimum atomic E-state index is -3.72. The molecule has 1 aliphatic rings. The Bertz CT molecular complexity index is 1220. The molecule has 4 aromatic rings. The number of nitrogens with zero attached hydrogens (tertiary/aromatic N) is 6. The van der Waals surface area contributed by atoms with Gasteiger partial charge in [0.25, 0.3) is 0 Å². The minimum Gasteiger partial charge on any atom is -0.285 e. The summed E-state index contributed by atoms with van der Waals surface area (Å²) in [6.07, 6.45) is 3.34. The smallest absolute Gasteiger partial charge is 0.246 e. The highest BCUT2D eigenvalue weighted by atomic mass is 32.2. The molecule has 0 unspecified atom stereocenters. The zero-order valence-corrected chi connectivity index (χ0v) is 15.2. The van der Waals surface area contributed by atoms with Crippen LogP contribution in [0.15, 0.2) is 47.5 Å². The van der Waals surface area contributed by atoms with Crippen molar-refractivity contribution in [3.05, 3.63) is 48.4 Å². The van der Waals surface area contributed by atoms with Gasteiger partial charge in [-0.1, -0.05) is 12.1 Å². The van der Waals surface area contributed by atoms with Gasteiger partial charge in [-0.25, -0.2) is 8.42 Å². The fourth-order valence-corrected chi connectivity index (χ4v) is 5.90. The quantitative estimate of drug-likeness (QED) is 0.536. The maximum Gasteiger partial charge on any atom is 0.246 e. The third-order valence-corrected chi connectivity index (χ3v) is 7.16. The van der Waals surface area contributed by atoms with Crippen LogP contribution in [0.2, 0.25) is 0 Å². The molecule has 1 atom stereocenters. The highest BCUT2D eigenvalue weighted by molar-refractivity contribution is 7.89. The van der Waals surface area contributed by atoms with Crippen molar-refractivity contribution in [1.29, 1.82) is 0 Å². The minimum absolute atomic E-state index is 0.199. The van der Waals surface area contributed by atoms with Crippen molar-refractivity contribution in [3.8, 4) is 0 Å². The van der Waals surface area contributed by atoms with Gasteiger partial charge in [0.05, 0.1) is 17.8 Å². The lowest BCUT2D eigenvalue weighted by molar-refractivity contribution is 0.382. The van der Waals surface area contributed by atoms with E-state index in [-0.39, 0.29) is 10.9 Å². The van der Waals surface area contributed by atoms with Crippen molar-refractivity contribution in [2.75, 3.05) is 6.54 Å². The molecule has 3 aromatic heterocycles. The normalized spacial score (nSPS) is 18.8. The molecule has 132 valence electrons. The van der Waals surface area contributed by atoms with E-state index in [1.165, 1.54) is 4.31 Å². The van der Waals surface area contributed by atoms with Crippen LogP contribution in [0.25, 0.3) is 16.7 Å². The summed E-state index contributed by atoms with van der Waals surface area (Å²) >= 11 is 1.02. The molecule has 0 radical (unpaired) electrons. The van der Waals surface area contributed by atoms with Crippen molar-refractivity contribution in [2.24, 2.45) is 0 Å². The van der Waals surface area contributed by atoms with E-state index < -0.39 is 10.0 Å². The number of aromatic nitrogens is 5. The Hall–Kier alpha value is -2.43. The summed E-state index contributed by atoms with van der Waals surface area (Å²) in [4.78, 5) is 0.199. The zero-order valence-electron chi connectivity index (χ0n) is 13.6. The average molecular weight is 386 g/mol. The Kier molecular flexibility index (Phi) is 3.52. The predicted octanol–water partition coefficient (Wildman–Crippen LogP) is 2.26. The van der Waals surface area contributed by atoms with E-state index in [0.29, 0.717) is 35.5 Å². The lowest BCUT2D eigenvalue weighted by atomic mass is 10.2. The SMILES string of the molecule is O=S(=O)(c1cccc2nsnc12)N1CCC[C@@H]1c1nnc2ccccn12. The molecule has 8 nitrogen and oxygen atoms in total. The second-order valence-corrected chi connectivity index (χ2v) is 8.54. The van der Waals surface area contributed by atoms with E-state index in [1.807, 2.05) is 28.8 Å². The van der Waals surface area contributed by atoms with Gasteiger partial charge in [0.15, 0.2) is 11.5 Å². The Labute approximate surface area is 153 Å². The number of sulfonamides is 1. The number of hydrogen-bond acceptors (Lipinski definition) is 7. The van der Waals surface area contributed by atoms with Crippen molar-refractivity contribution >= 4 is 38.4 Å². The van der Waals surface area contributed by atoms with Crippen LogP contribution in [0.5, 0.6) is 0 Å². The van der Waals surface area contributed by atoms with E-state index >= 15 is 0 Å². The number of fused-ring (bicyclic) bond motifs is 2. The third-order valence-electron chi connectivity index (χ3n) is 4.68. The largest absolute Gasteiger partial charge is 0.285 e. The Morgan fingerprint density at radius 1 is 1.08 bits per heavy atom. The highest BCUT2D eigenvalue weighted by Gasteiger charge is 2.39. The molecular weight excluding hydrogens is 372 g/mol. The summed E-state index contributed by atoms with van der Waals surface area (Å²) in [6, 6.07) is 10.3. The van der Waals surface area contributed by atoms with Crippen molar-refractivity contribution in [3.63, 3.8) is 0 Å². The number of hydrogen-bond donors (Lipinski definition) is 0. The second-order valence-electron chi connectivity index (χ2n) is 6.15. The zero-order chi connectivity index (χ0) is 17.7. The Morgan fingerprint density at radius 2 is 2.00 bits per heavy atom. The number of benzene rings is 1. The van der Waals surface area contributed by atoms with Gasteiger partial charge in [0.2, 0.25) is 10.0 Å². The summed E-state index contributed by atoms with van der Waals surface area (Å²) in [6.45, 7) is 0.447. The topological polar surface area (TPSA) is 93.4 Å². The van der Waals surface area contributed by atoms with Gasteiger partial charge in [0, 0.05) is 12.7 Å². The van der Waals surface area contributed by atoms with E-state index in [2.05, 4.69) is 18.9 Å². The molecule has 1 saturated heterocycles. The Balaban J connectivity index is 1.63. The van der Waals surface area contributed by atoms with Crippen LogP contribution < -0.4 is 0 Å². The molecule has 0 spiro atoms. The molecule has 0 N–H and O–H groups in total. The average Bonchev–Trinajstić information content (AvgIpc) is 3.38. The van der Waals surface area contributed by atoms with Crippen molar-refractivity contribution in [2.45, 2.75) is 23.8 Å². The van der Waals surface area contributed by atoms with Gasteiger partial charge in [-0.2, -0.15) is 13.1 Å². The van der Waals surface area contributed by atoms with Gasteiger partial charge < -0.3 is 0 Å². The summed E-state index contributed by atoms with van der Waals surface area (Å²) in [5, 5.41) is 8.43. The molecule has 5 rings (SSSR count). The van der Waals surface area contributed by atoms with Gasteiger partial charge in [-0.3, -0.25) is 4.40 Å². The van der Waals surface area contributed by atoms with Crippen LogP contribution in [-0.4, -0.2) is 42.6 Å². The molecule has 0 bridgehead atoms. The van der Waals surface area contributed by atoms with Gasteiger partial charge >= 0.3 is 0 Å². The molecule has 4 heterocycles. The van der Waals surface area contributed by atoms with Crippen LogP contribution in [0.3, 0.4) is 0 Å². The van der Waals surface area contributed by atoms with E-state index in [1.54, 1.807) is 18.2 Å². The van der Waals surface area contributed by atoms with E-state index in [0.717, 1.165) is 18.1 Å². The number of pyridine rings is 1. The molecule has 1 fully saturated rings. The standard InChI is InChI=1S/C16H14N6O2S2/c23-26(24,13-7-3-5-11-15(13)20-25-19-11)22-10-4-6-12(22)16-18-17-14-8-1-2-9-21(14)16/h1-3,5,7-9,12H,4,6,10H2/t12-/m1/s1. The fourth-order valence-electron chi connectivity index (χ4n) is 3.49. The number of rotatable bonds is 3.